The van der Waals surface area contributed by atoms with E-state index in [4.69, 9.17) is 5.73 Å². The van der Waals surface area contributed by atoms with Crippen LogP contribution >= 0.6 is 0 Å². The quantitative estimate of drug-likeness (QED) is 0.692. The van der Waals surface area contributed by atoms with Crippen LogP contribution in [0.5, 0.6) is 0 Å². The first-order valence-electron chi connectivity index (χ1n) is 5.30. The van der Waals surface area contributed by atoms with E-state index in [1.165, 1.54) is 6.26 Å². The van der Waals surface area contributed by atoms with Gasteiger partial charge in [0.25, 0.3) is 0 Å². The molecule has 0 saturated carbocycles. The molecule has 0 aromatic heterocycles. The van der Waals surface area contributed by atoms with Gasteiger partial charge in [-0.25, -0.2) is 8.42 Å². The van der Waals surface area contributed by atoms with Crippen LogP contribution in [0.4, 0.5) is 0 Å². The largest absolute Gasteiger partial charge is 0.330 e. The Balaban J connectivity index is 4.16. The Bertz CT molecular complexity index is 273. The molecule has 92 valence electrons. The lowest BCUT2D eigenvalue weighted by molar-refractivity contribution is 0.199. The molecular formula is C10H24N2O2S. The van der Waals surface area contributed by atoms with Crippen molar-refractivity contribution in [2.75, 3.05) is 38.2 Å². The van der Waals surface area contributed by atoms with Crippen LogP contribution in [0.1, 0.15) is 20.8 Å². The maximum Gasteiger partial charge on any atom is 0.148 e. The molecule has 0 bridgehead atoms. The van der Waals surface area contributed by atoms with Gasteiger partial charge >= 0.3 is 0 Å². The zero-order chi connectivity index (χ0) is 12.1. The first kappa shape index (κ1) is 14.9. The van der Waals surface area contributed by atoms with Gasteiger partial charge < -0.3 is 10.6 Å². The van der Waals surface area contributed by atoms with Crippen LogP contribution in [0.2, 0.25) is 0 Å². The molecule has 5 heteroatoms. The van der Waals surface area contributed by atoms with Crippen molar-refractivity contribution in [3.8, 4) is 0 Å². The van der Waals surface area contributed by atoms with Gasteiger partial charge in [0.2, 0.25) is 0 Å². The van der Waals surface area contributed by atoms with Gasteiger partial charge in [-0.2, -0.15) is 0 Å². The van der Waals surface area contributed by atoms with Crippen molar-refractivity contribution >= 4 is 9.84 Å². The van der Waals surface area contributed by atoms with Crippen molar-refractivity contribution in [1.82, 2.24) is 4.90 Å². The second-order valence-corrected chi connectivity index (χ2v) is 7.13. The number of rotatable bonds is 7. The van der Waals surface area contributed by atoms with Crippen LogP contribution in [-0.4, -0.2) is 51.5 Å². The van der Waals surface area contributed by atoms with Gasteiger partial charge in [0.15, 0.2) is 0 Å². The lowest BCUT2D eigenvalue weighted by Gasteiger charge is -2.30. The van der Waals surface area contributed by atoms with Crippen LogP contribution in [0, 0.1) is 5.41 Å². The smallest absolute Gasteiger partial charge is 0.148 e. The Morgan fingerprint density at radius 2 is 1.87 bits per heavy atom. The molecule has 0 unspecified atom stereocenters. The first-order chi connectivity index (χ1) is 6.70. The number of sulfone groups is 1. The molecule has 0 aliphatic rings. The summed E-state index contributed by atoms with van der Waals surface area (Å²) in [4.78, 5) is 2.13. The fourth-order valence-electron chi connectivity index (χ4n) is 1.31. The van der Waals surface area contributed by atoms with E-state index in [1.807, 2.05) is 6.92 Å². The highest BCUT2D eigenvalue weighted by Crippen LogP contribution is 2.14. The average molecular weight is 236 g/mol. The summed E-state index contributed by atoms with van der Waals surface area (Å²) in [5.41, 5.74) is 5.70. The summed E-state index contributed by atoms with van der Waals surface area (Å²) in [7, 11) is -2.86. The van der Waals surface area contributed by atoms with E-state index in [0.717, 1.165) is 13.1 Å². The van der Waals surface area contributed by atoms with Crippen molar-refractivity contribution in [3.63, 3.8) is 0 Å². The highest BCUT2D eigenvalue weighted by Gasteiger charge is 2.19. The van der Waals surface area contributed by atoms with Gasteiger partial charge in [0.1, 0.15) is 9.84 Å². The number of nitrogens with zero attached hydrogens (tertiary/aromatic N) is 1. The first-order valence-corrected chi connectivity index (χ1v) is 7.36. The SMILES string of the molecule is CCN(CCS(C)(=O)=O)CC(C)(C)CN. The molecule has 0 aromatic rings. The summed E-state index contributed by atoms with van der Waals surface area (Å²) in [6, 6.07) is 0. The van der Waals surface area contributed by atoms with E-state index in [9.17, 15) is 8.42 Å². The fourth-order valence-corrected chi connectivity index (χ4v) is 1.90. The lowest BCUT2D eigenvalue weighted by Crippen LogP contribution is -2.40. The van der Waals surface area contributed by atoms with Crippen molar-refractivity contribution in [3.05, 3.63) is 0 Å². The minimum Gasteiger partial charge on any atom is -0.330 e. The number of hydrogen-bond donors (Lipinski definition) is 1. The van der Waals surface area contributed by atoms with Crippen LogP contribution in [0.15, 0.2) is 0 Å². The third kappa shape index (κ3) is 7.76. The highest BCUT2D eigenvalue weighted by atomic mass is 32.2. The zero-order valence-electron chi connectivity index (χ0n) is 10.3. The van der Waals surface area contributed by atoms with E-state index in [0.29, 0.717) is 13.1 Å². The molecule has 4 nitrogen and oxygen atoms in total. The van der Waals surface area contributed by atoms with Crippen LogP contribution in [-0.2, 0) is 9.84 Å². The molecule has 0 rings (SSSR count). The third-order valence-corrected chi connectivity index (χ3v) is 3.35. The van der Waals surface area contributed by atoms with Crippen molar-refractivity contribution in [2.24, 2.45) is 11.1 Å². The van der Waals surface area contributed by atoms with Gasteiger partial charge in [0.05, 0.1) is 5.75 Å². The third-order valence-electron chi connectivity index (χ3n) is 2.43. The maximum absolute atomic E-state index is 11.0. The minimum absolute atomic E-state index is 0.0491. The molecule has 0 spiro atoms. The normalized spacial score (nSPS) is 13.5. The maximum atomic E-state index is 11.0. The van der Waals surface area contributed by atoms with E-state index < -0.39 is 9.84 Å². The number of nitrogens with two attached hydrogens (primary N) is 1. The van der Waals surface area contributed by atoms with Crippen LogP contribution < -0.4 is 5.73 Å². The number of hydrogen-bond acceptors (Lipinski definition) is 4. The fraction of sp³-hybridized carbons (Fsp3) is 1.00. The second-order valence-electron chi connectivity index (χ2n) is 4.87. The Hall–Kier alpha value is -0.130. The minimum atomic E-state index is -2.86. The summed E-state index contributed by atoms with van der Waals surface area (Å²) in [6.07, 6.45) is 1.27. The molecule has 0 aromatic carbocycles. The van der Waals surface area contributed by atoms with Crippen molar-refractivity contribution in [1.29, 1.82) is 0 Å². The van der Waals surface area contributed by atoms with Gasteiger partial charge in [-0.05, 0) is 18.5 Å². The molecule has 0 radical (unpaired) electrons. The van der Waals surface area contributed by atoms with Gasteiger partial charge in [-0.15, -0.1) is 0 Å². The van der Waals surface area contributed by atoms with Gasteiger partial charge in [-0.1, -0.05) is 20.8 Å². The second kappa shape index (κ2) is 5.82. The Morgan fingerprint density at radius 3 is 2.20 bits per heavy atom. The van der Waals surface area contributed by atoms with Gasteiger partial charge in [-0.3, -0.25) is 0 Å². The Morgan fingerprint density at radius 1 is 1.33 bits per heavy atom. The molecular weight excluding hydrogens is 212 g/mol. The topological polar surface area (TPSA) is 63.4 Å². The Kier molecular flexibility index (Phi) is 5.77. The summed E-state index contributed by atoms with van der Waals surface area (Å²) < 4.78 is 22.1. The highest BCUT2D eigenvalue weighted by molar-refractivity contribution is 7.90. The standard InChI is InChI=1S/C10H24N2O2S/c1-5-12(6-7-15(4,13)14)9-10(2,3)8-11/h5-9,11H2,1-4H3. The molecule has 2 N–H and O–H groups in total. The summed E-state index contributed by atoms with van der Waals surface area (Å²) >= 11 is 0. The monoisotopic (exact) mass is 236 g/mol. The average Bonchev–Trinajstić information content (AvgIpc) is 2.11. The summed E-state index contributed by atoms with van der Waals surface area (Å²) in [5.74, 6) is 0.224. The molecule has 0 atom stereocenters. The van der Waals surface area contributed by atoms with Crippen molar-refractivity contribution < 1.29 is 8.42 Å². The molecule has 0 heterocycles. The molecule has 0 aliphatic carbocycles. The van der Waals surface area contributed by atoms with E-state index in [-0.39, 0.29) is 11.2 Å². The zero-order valence-corrected chi connectivity index (χ0v) is 11.1. The van der Waals surface area contributed by atoms with E-state index in [2.05, 4.69) is 18.7 Å². The van der Waals surface area contributed by atoms with Crippen LogP contribution in [0.25, 0.3) is 0 Å². The van der Waals surface area contributed by atoms with Crippen molar-refractivity contribution in [2.45, 2.75) is 20.8 Å². The summed E-state index contributed by atoms with van der Waals surface area (Å²) in [5, 5.41) is 0. The molecule has 0 aliphatic heterocycles. The van der Waals surface area contributed by atoms with Gasteiger partial charge in [0, 0.05) is 19.3 Å². The van der Waals surface area contributed by atoms with E-state index in [1.54, 1.807) is 0 Å². The van der Waals surface area contributed by atoms with Crippen LogP contribution in [0.3, 0.4) is 0 Å². The van der Waals surface area contributed by atoms with E-state index >= 15 is 0 Å². The summed E-state index contributed by atoms with van der Waals surface area (Å²) in [6.45, 7) is 9.14. The Labute approximate surface area is 93.7 Å². The molecule has 0 saturated heterocycles. The molecule has 0 fully saturated rings. The predicted molar refractivity (Wildman–Crippen MR) is 64.7 cm³/mol. The molecule has 15 heavy (non-hydrogen) atoms. The lowest BCUT2D eigenvalue weighted by atomic mass is 9.93. The predicted octanol–water partition coefficient (Wildman–Crippen LogP) is 0.338. The molecule has 0 amide bonds.